The monoisotopic (exact) mass is 418 g/mol. The lowest BCUT2D eigenvalue weighted by Gasteiger charge is -2.17. The number of ether oxygens (including phenoxy) is 1. The molecule has 2 rings (SSSR count). The van der Waals surface area contributed by atoms with Crippen LogP contribution in [-0.2, 0) is 24.3 Å². The van der Waals surface area contributed by atoms with Gasteiger partial charge in [-0.05, 0) is 49.9 Å². The van der Waals surface area contributed by atoms with Crippen LogP contribution < -0.4 is 10.5 Å². The fraction of sp³-hybridized carbons (Fsp3) is 0.333. The molecule has 0 fully saturated rings. The Bertz CT molecular complexity index is 991. The Morgan fingerprint density at radius 3 is 2.10 bits per heavy atom. The summed E-state index contributed by atoms with van der Waals surface area (Å²) in [6, 6.07) is 10.3. The first kappa shape index (κ1) is 22.6. The Morgan fingerprint density at radius 2 is 1.59 bits per heavy atom. The minimum atomic E-state index is -3.81. The molecule has 1 atom stereocenters. The lowest BCUT2D eigenvalue weighted by atomic mass is 10.0. The molecule has 0 unspecified atom stereocenters. The highest BCUT2D eigenvalue weighted by atomic mass is 32.2. The molecule has 7 nitrogen and oxygen atoms in total. The summed E-state index contributed by atoms with van der Waals surface area (Å²) in [6.07, 6.45) is -1.46. The van der Waals surface area contributed by atoms with Gasteiger partial charge in [0.2, 0.25) is 16.1 Å². The van der Waals surface area contributed by atoms with Crippen molar-refractivity contribution < 1.29 is 22.7 Å². The average molecular weight is 419 g/mol. The van der Waals surface area contributed by atoms with E-state index in [0.717, 1.165) is 11.1 Å². The molecule has 29 heavy (non-hydrogen) atoms. The normalized spacial score (nSPS) is 12.4. The Labute approximate surface area is 171 Å². The largest absolute Gasteiger partial charge is 0.447 e. The predicted molar refractivity (Wildman–Crippen MR) is 110 cm³/mol. The molecule has 2 aromatic rings. The van der Waals surface area contributed by atoms with E-state index in [-0.39, 0.29) is 17.9 Å². The summed E-state index contributed by atoms with van der Waals surface area (Å²) in [6.45, 7) is 7.05. The van der Waals surface area contributed by atoms with Gasteiger partial charge in [-0.3, -0.25) is 9.59 Å². The van der Waals surface area contributed by atoms with Crippen molar-refractivity contribution in [1.29, 1.82) is 0 Å². The van der Waals surface area contributed by atoms with Gasteiger partial charge in [-0.2, -0.15) is 0 Å². The third-order valence-corrected chi connectivity index (χ3v) is 6.53. The van der Waals surface area contributed by atoms with Gasteiger partial charge in [0.05, 0.1) is 11.3 Å². The van der Waals surface area contributed by atoms with Crippen LogP contribution in [0.4, 0.5) is 0 Å². The van der Waals surface area contributed by atoms with Gasteiger partial charge in [0.1, 0.15) is 0 Å². The molecule has 1 amide bonds. The van der Waals surface area contributed by atoms with E-state index in [2.05, 4.69) is 4.72 Å². The molecule has 0 spiro atoms. The van der Waals surface area contributed by atoms with Gasteiger partial charge in [0.15, 0.2) is 0 Å². The number of nitrogens with two attached hydrogens (primary N) is 1. The average Bonchev–Trinajstić information content (AvgIpc) is 2.65. The fourth-order valence-corrected chi connectivity index (χ4v) is 4.70. The van der Waals surface area contributed by atoms with E-state index in [1.54, 1.807) is 44.2 Å². The van der Waals surface area contributed by atoms with Crippen molar-refractivity contribution in [1.82, 2.24) is 4.72 Å². The SMILES string of the molecule is Cc1cc(C)c(C)c(S(=O)(=O)NCCC(=O)O[C@@H](C(N)=O)c2ccccc2)c1C. The number of hydrogen-bond acceptors (Lipinski definition) is 5. The molecule has 8 heteroatoms. The number of carbonyl (C=O) groups excluding carboxylic acids is 2. The number of rotatable bonds is 8. The number of carbonyl (C=O) groups is 2. The van der Waals surface area contributed by atoms with Crippen molar-refractivity contribution in [2.75, 3.05) is 6.54 Å². The predicted octanol–water partition coefficient (Wildman–Crippen LogP) is 2.36. The Kier molecular flexibility index (Phi) is 7.16. The number of aryl methyl sites for hydroxylation is 2. The summed E-state index contributed by atoms with van der Waals surface area (Å²) in [5, 5.41) is 0. The van der Waals surface area contributed by atoms with E-state index in [9.17, 15) is 18.0 Å². The summed E-state index contributed by atoms with van der Waals surface area (Å²) >= 11 is 0. The van der Waals surface area contributed by atoms with E-state index in [1.807, 2.05) is 19.9 Å². The number of nitrogens with one attached hydrogen (secondary N) is 1. The third-order valence-electron chi connectivity index (χ3n) is 4.80. The maximum Gasteiger partial charge on any atom is 0.308 e. The topological polar surface area (TPSA) is 116 Å². The van der Waals surface area contributed by atoms with Gasteiger partial charge in [-0.15, -0.1) is 0 Å². The first-order chi connectivity index (χ1) is 13.5. The highest BCUT2D eigenvalue weighted by molar-refractivity contribution is 7.89. The van der Waals surface area contributed by atoms with Crippen LogP contribution in [0.1, 0.15) is 40.3 Å². The summed E-state index contributed by atoms with van der Waals surface area (Å²) in [5.74, 6) is -1.53. The van der Waals surface area contributed by atoms with Gasteiger partial charge >= 0.3 is 5.97 Å². The van der Waals surface area contributed by atoms with Gasteiger partial charge in [0.25, 0.3) is 5.91 Å². The van der Waals surface area contributed by atoms with Gasteiger partial charge in [-0.1, -0.05) is 36.4 Å². The highest BCUT2D eigenvalue weighted by Crippen LogP contribution is 2.26. The number of amides is 1. The molecule has 0 radical (unpaired) electrons. The van der Waals surface area contributed by atoms with Gasteiger partial charge in [0, 0.05) is 12.1 Å². The second-order valence-electron chi connectivity index (χ2n) is 6.92. The third kappa shape index (κ3) is 5.42. The molecule has 0 aromatic heterocycles. The molecule has 0 aliphatic carbocycles. The number of hydrogen-bond donors (Lipinski definition) is 2. The van der Waals surface area contributed by atoms with Crippen LogP contribution in [0.15, 0.2) is 41.3 Å². The molecular formula is C21H26N2O5S. The standard InChI is InChI=1S/C21H26N2O5S/c1-13-12-14(2)16(4)20(15(13)3)29(26,27)23-11-10-18(24)28-19(21(22)25)17-8-6-5-7-9-17/h5-9,12,19,23H,10-11H2,1-4H3,(H2,22,25)/t19-/m1/s1. The van der Waals surface area contributed by atoms with Crippen LogP contribution in [0, 0.1) is 27.7 Å². The quantitative estimate of drug-likeness (QED) is 0.639. The zero-order valence-corrected chi connectivity index (χ0v) is 17.8. The van der Waals surface area contributed by atoms with Crippen LogP contribution in [0.5, 0.6) is 0 Å². The van der Waals surface area contributed by atoms with Crippen molar-refractivity contribution >= 4 is 21.9 Å². The van der Waals surface area contributed by atoms with E-state index >= 15 is 0 Å². The summed E-state index contributed by atoms with van der Waals surface area (Å²) in [4.78, 5) is 24.0. The van der Waals surface area contributed by atoms with E-state index in [0.29, 0.717) is 16.7 Å². The van der Waals surface area contributed by atoms with Crippen LogP contribution in [-0.4, -0.2) is 26.8 Å². The molecule has 0 aliphatic rings. The fourth-order valence-electron chi connectivity index (χ4n) is 3.05. The zero-order valence-electron chi connectivity index (χ0n) is 17.0. The molecule has 0 saturated carbocycles. The lowest BCUT2D eigenvalue weighted by Crippen LogP contribution is -2.30. The lowest BCUT2D eigenvalue weighted by molar-refractivity contribution is -0.155. The van der Waals surface area contributed by atoms with E-state index < -0.39 is 28.0 Å². The number of benzene rings is 2. The molecule has 0 saturated heterocycles. The van der Waals surface area contributed by atoms with Crippen molar-refractivity contribution in [2.24, 2.45) is 5.73 Å². The van der Waals surface area contributed by atoms with Crippen molar-refractivity contribution in [2.45, 2.75) is 45.1 Å². The number of esters is 1. The summed E-state index contributed by atoms with van der Waals surface area (Å²) < 4.78 is 33.1. The van der Waals surface area contributed by atoms with Crippen LogP contribution in [0.25, 0.3) is 0 Å². The first-order valence-corrected chi connectivity index (χ1v) is 10.6. The smallest absolute Gasteiger partial charge is 0.308 e. The maximum absolute atomic E-state index is 12.8. The van der Waals surface area contributed by atoms with Crippen LogP contribution in [0.2, 0.25) is 0 Å². The number of sulfonamides is 1. The van der Waals surface area contributed by atoms with E-state index in [4.69, 9.17) is 10.5 Å². The molecule has 0 aliphatic heterocycles. The van der Waals surface area contributed by atoms with Crippen molar-refractivity contribution in [3.05, 3.63) is 64.2 Å². The molecule has 156 valence electrons. The second-order valence-corrected chi connectivity index (χ2v) is 8.62. The molecule has 3 N–H and O–H groups in total. The summed E-state index contributed by atoms with van der Waals surface area (Å²) in [7, 11) is -3.81. The van der Waals surface area contributed by atoms with E-state index in [1.165, 1.54) is 0 Å². The maximum atomic E-state index is 12.8. The molecule has 0 bridgehead atoms. The minimum Gasteiger partial charge on any atom is -0.447 e. The van der Waals surface area contributed by atoms with Crippen molar-refractivity contribution in [3.63, 3.8) is 0 Å². The first-order valence-electron chi connectivity index (χ1n) is 9.15. The second kappa shape index (κ2) is 9.19. The summed E-state index contributed by atoms with van der Waals surface area (Å²) in [5.41, 5.74) is 8.86. The highest BCUT2D eigenvalue weighted by Gasteiger charge is 2.24. The van der Waals surface area contributed by atoms with Crippen LogP contribution in [0.3, 0.4) is 0 Å². The molecular weight excluding hydrogens is 392 g/mol. The Balaban J connectivity index is 2.06. The Morgan fingerprint density at radius 1 is 1.03 bits per heavy atom. The minimum absolute atomic E-state index is 0.159. The zero-order chi connectivity index (χ0) is 21.8. The van der Waals surface area contributed by atoms with Gasteiger partial charge < -0.3 is 10.5 Å². The van der Waals surface area contributed by atoms with Crippen molar-refractivity contribution in [3.8, 4) is 0 Å². The van der Waals surface area contributed by atoms with Gasteiger partial charge in [-0.25, -0.2) is 13.1 Å². The number of primary amides is 1. The van der Waals surface area contributed by atoms with Crippen LogP contribution >= 0.6 is 0 Å². The molecule has 0 heterocycles. The molecule has 2 aromatic carbocycles. The Hall–Kier alpha value is -2.71.